The van der Waals surface area contributed by atoms with Crippen LogP contribution in [0.4, 0.5) is 4.79 Å². The predicted octanol–water partition coefficient (Wildman–Crippen LogP) is 2.65. The second kappa shape index (κ2) is 9.01. The maximum absolute atomic E-state index is 12.9. The van der Waals surface area contributed by atoms with Crippen LogP contribution in [-0.2, 0) is 14.3 Å². The van der Waals surface area contributed by atoms with Crippen LogP contribution in [0.2, 0.25) is 0 Å². The van der Waals surface area contributed by atoms with Crippen molar-refractivity contribution in [3.8, 4) is 11.1 Å². The average molecular weight is 460 g/mol. The Balaban J connectivity index is 1.22. The molecule has 2 heterocycles. The van der Waals surface area contributed by atoms with Crippen molar-refractivity contribution in [1.29, 1.82) is 0 Å². The molecule has 0 bridgehead atoms. The Kier molecular flexibility index (Phi) is 5.75. The number of amides is 2. The van der Waals surface area contributed by atoms with Gasteiger partial charge in [0.05, 0.1) is 12.5 Å². The summed E-state index contributed by atoms with van der Waals surface area (Å²) in [5, 5.41) is 15.9. The Morgan fingerprint density at radius 2 is 1.68 bits per heavy atom. The lowest BCUT2D eigenvalue weighted by Gasteiger charge is -2.40. The number of carbonyl (C=O) groups excluding carboxylic acids is 2. The van der Waals surface area contributed by atoms with E-state index in [1.165, 1.54) is 4.90 Å². The first kappa shape index (κ1) is 21.7. The molecule has 9 nitrogen and oxygen atoms in total. The fourth-order valence-corrected chi connectivity index (χ4v) is 4.68. The largest absolute Gasteiger partial charge is 0.481 e. The van der Waals surface area contributed by atoms with Crippen LogP contribution >= 0.6 is 0 Å². The summed E-state index contributed by atoms with van der Waals surface area (Å²) in [6.07, 6.45) is 2.14. The van der Waals surface area contributed by atoms with Crippen molar-refractivity contribution in [1.82, 2.24) is 20.0 Å². The molecule has 0 radical (unpaired) electrons. The number of fused-ring (bicyclic) bond motifs is 3. The van der Waals surface area contributed by atoms with E-state index in [-0.39, 0.29) is 18.6 Å². The van der Waals surface area contributed by atoms with Crippen LogP contribution < -0.4 is 5.32 Å². The van der Waals surface area contributed by atoms with E-state index >= 15 is 0 Å². The van der Waals surface area contributed by atoms with Crippen molar-refractivity contribution >= 4 is 18.0 Å². The van der Waals surface area contributed by atoms with Gasteiger partial charge in [0.15, 0.2) is 0 Å². The summed E-state index contributed by atoms with van der Waals surface area (Å²) in [6, 6.07) is 16.6. The first-order chi connectivity index (χ1) is 16.5. The number of benzene rings is 2. The number of alkyl carbamates (subject to hydrolysis) is 1. The van der Waals surface area contributed by atoms with E-state index in [2.05, 4.69) is 10.4 Å². The van der Waals surface area contributed by atoms with Crippen molar-refractivity contribution in [2.45, 2.75) is 24.4 Å². The molecule has 0 saturated carbocycles. The van der Waals surface area contributed by atoms with Gasteiger partial charge in [-0.25, -0.2) is 4.79 Å². The molecule has 0 spiro atoms. The summed E-state index contributed by atoms with van der Waals surface area (Å²) in [5.41, 5.74) is 4.35. The van der Waals surface area contributed by atoms with Crippen molar-refractivity contribution in [2.24, 2.45) is 0 Å². The van der Waals surface area contributed by atoms with Crippen LogP contribution in [0.15, 0.2) is 67.0 Å². The number of likely N-dealkylation sites (tertiary alicyclic amines) is 1. The summed E-state index contributed by atoms with van der Waals surface area (Å²) in [6.45, 7) is 0.894. The first-order valence-electron chi connectivity index (χ1n) is 11.1. The fraction of sp³-hybridized carbons (Fsp3) is 0.280. The van der Waals surface area contributed by atoms with E-state index in [1.807, 2.05) is 54.7 Å². The predicted molar refractivity (Wildman–Crippen MR) is 122 cm³/mol. The maximum Gasteiger partial charge on any atom is 0.407 e. The van der Waals surface area contributed by atoms with Crippen LogP contribution in [0.3, 0.4) is 0 Å². The van der Waals surface area contributed by atoms with E-state index in [4.69, 9.17) is 4.74 Å². The molecule has 1 fully saturated rings. The van der Waals surface area contributed by atoms with Crippen LogP contribution in [0.5, 0.6) is 0 Å². The van der Waals surface area contributed by atoms with E-state index in [1.54, 1.807) is 16.9 Å². The van der Waals surface area contributed by atoms with E-state index < -0.39 is 30.4 Å². The minimum absolute atomic E-state index is 0.0406. The van der Waals surface area contributed by atoms with Crippen LogP contribution in [0.25, 0.3) is 11.1 Å². The Labute approximate surface area is 195 Å². The molecule has 9 heteroatoms. The molecule has 3 aromatic rings. The minimum Gasteiger partial charge on any atom is -0.481 e. The van der Waals surface area contributed by atoms with Gasteiger partial charge in [0.25, 0.3) is 0 Å². The topological polar surface area (TPSA) is 114 Å². The molecule has 1 aliphatic heterocycles. The maximum atomic E-state index is 12.9. The highest BCUT2D eigenvalue weighted by molar-refractivity contribution is 5.89. The molecule has 5 rings (SSSR count). The van der Waals surface area contributed by atoms with Gasteiger partial charge in [0.2, 0.25) is 5.91 Å². The highest BCUT2D eigenvalue weighted by Crippen LogP contribution is 2.44. The number of hydrogen-bond acceptors (Lipinski definition) is 5. The normalized spacial score (nSPS) is 15.7. The van der Waals surface area contributed by atoms with Gasteiger partial charge >= 0.3 is 12.1 Å². The Hall–Kier alpha value is -4.14. The smallest absolute Gasteiger partial charge is 0.407 e. The summed E-state index contributed by atoms with van der Waals surface area (Å²) in [4.78, 5) is 38.3. The fourth-order valence-electron chi connectivity index (χ4n) is 4.68. The number of ether oxygens (including phenoxy) is 1. The molecule has 1 atom stereocenters. The van der Waals surface area contributed by atoms with Gasteiger partial charge in [-0.3, -0.25) is 14.3 Å². The Bertz CT molecular complexity index is 1170. The molecule has 1 unspecified atom stereocenters. The lowest BCUT2D eigenvalue weighted by atomic mass is 9.98. The van der Waals surface area contributed by atoms with Crippen molar-refractivity contribution < 1.29 is 24.2 Å². The lowest BCUT2D eigenvalue weighted by molar-refractivity contribution is -0.145. The van der Waals surface area contributed by atoms with E-state index in [9.17, 15) is 19.5 Å². The minimum atomic E-state index is -1.20. The third-order valence-electron chi connectivity index (χ3n) is 6.39. The van der Waals surface area contributed by atoms with Gasteiger partial charge in [-0.2, -0.15) is 5.10 Å². The summed E-state index contributed by atoms with van der Waals surface area (Å²) in [7, 11) is 0. The summed E-state index contributed by atoms with van der Waals surface area (Å²) >= 11 is 0. The Morgan fingerprint density at radius 3 is 2.26 bits per heavy atom. The van der Waals surface area contributed by atoms with Gasteiger partial charge in [0.1, 0.15) is 12.6 Å². The summed E-state index contributed by atoms with van der Waals surface area (Å²) in [5.74, 6) is -1.75. The summed E-state index contributed by atoms with van der Waals surface area (Å²) < 4.78 is 7.24. The van der Waals surface area contributed by atoms with Crippen molar-refractivity contribution in [3.05, 3.63) is 78.1 Å². The van der Waals surface area contributed by atoms with Gasteiger partial charge < -0.3 is 20.1 Å². The van der Waals surface area contributed by atoms with Crippen molar-refractivity contribution in [2.75, 3.05) is 19.7 Å². The van der Waals surface area contributed by atoms with Gasteiger partial charge in [-0.1, -0.05) is 48.5 Å². The number of carboxylic acid groups (broad SMARTS) is 1. The second-order valence-electron chi connectivity index (χ2n) is 8.50. The number of rotatable bonds is 7. The van der Waals surface area contributed by atoms with Crippen LogP contribution in [0, 0.1) is 0 Å². The molecule has 2 aliphatic rings. The number of hydrogen-bond donors (Lipinski definition) is 2. The monoisotopic (exact) mass is 460 g/mol. The van der Waals surface area contributed by atoms with Gasteiger partial charge in [0, 0.05) is 31.4 Å². The van der Waals surface area contributed by atoms with Crippen LogP contribution in [-0.4, -0.2) is 63.5 Å². The molecule has 174 valence electrons. The zero-order chi connectivity index (χ0) is 23.7. The SMILES string of the molecule is O=C(O)CC(NC(=O)OCC1c2ccccc2-c2ccccc21)C(=O)N1CC(n2cccn2)C1. The number of aromatic nitrogens is 2. The number of nitrogens with zero attached hydrogens (tertiary/aromatic N) is 3. The molecule has 2 amide bonds. The zero-order valence-corrected chi connectivity index (χ0v) is 18.3. The average Bonchev–Trinajstić information content (AvgIpc) is 3.43. The third-order valence-corrected chi connectivity index (χ3v) is 6.39. The number of carbonyl (C=O) groups is 3. The van der Waals surface area contributed by atoms with Crippen molar-refractivity contribution in [3.63, 3.8) is 0 Å². The third kappa shape index (κ3) is 4.12. The highest BCUT2D eigenvalue weighted by Gasteiger charge is 2.37. The number of aliphatic carboxylic acids is 1. The van der Waals surface area contributed by atoms with Crippen LogP contribution in [0.1, 0.15) is 29.5 Å². The van der Waals surface area contributed by atoms with E-state index in [0.29, 0.717) is 13.1 Å². The molecule has 1 aliphatic carbocycles. The molecule has 1 aromatic heterocycles. The molecular formula is C25H24N4O5. The van der Waals surface area contributed by atoms with Gasteiger partial charge in [-0.05, 0) is 28.3 Å². The standard InChI is InChI=1S/C25H24N4O5/c30-23(31)12-22(24(32)28-13-16(14-28)29-11-5-10-26-29)27-25(33)34-15-21-19-8-3-1-6-17(19)18-7-2-4-9-20(18)21/h1-11,16,21-22H,12-15H2,(H,27,33)(H,30,31). The molecular weight excluding hydrogens is 436 g/mol. The molecule has 2 N–H and O–H groups in total. The highest BCUT2D eigenvalue weighted by atomic mass is 16.5. The second-order valence-corrected chi connectivity index (χ2v) is 8.50. The molecule has 1 saturated heterocycles. The molecule has 34 heavy (non-hydrogen) atoms. The lowest BCUT2D eigenvalue weighted by Crippen LogP contribution is -2.57. The Morgan fingerprint density at radius 1 is 1.03 bits per heavy atom. The zero-order valence-electron chi connectivity index (χ0n) is 18.3. The quantitative estimate of drug-likeness (QED) is 0.560. The number of carboxylic acids is 1. The van der Waals surface area contributed by atoms with Gasteiger partial charge in [-0.15, -0.1) is 0 Å². The molecule has 2 aromatic carbocycles. The first-order valence-corrected chi connectivity index (χ1v) is 11.1. The van der Waals surface area contributed by atoms with E-state index in [0.717, 1.165) is 22.3 Å². The number of nitrogens with one attached hydrogen (secondary N) is 1.